The molecule has 0 bridgehead atoms. The van der Waals surface area contributed by atoms with Crippen molar-refractivity contribution in [1.82, 2.24) is 9.88 Å². The number of fused-ring (bicyclic) bond motifs is 1. The third-order valence-electron chi connectivity index (χ3n) is 5.51. The van der Waals surface area contributed by atoms with Crippen LogP contribution in [0.5, 0.6) is 23.0 Å². The number of hydrogen-bond donors (Lipinski definition) is 0. The molecule has 0 atom stereocenters. The average Bonchev–Trinajstić information content (AvgIpc) is 2.83. The second-order valence-corrected chi connectivity index (χ2v) is 8.20. The lowest BCUT2D eigenvalue weighted by atomic mass is 10.0. The van der Waals surface area contributed by atoms with Gasteiger partial charge in [0.2, 0.25) is 0 Å². The first kappa shape index (κ1) is 25.5. The Labute approximate surface area is 204 Å². The summed E-state index contributed by atoms with van der Waals surface area (Å²) in [5, 5.41) is 1.10. The van der Waals surface area contributed by atoms with Gasteiger partial charge in [-0.2, -0.15) is 0 Å². The van der Waals surface area contributed by atoms with E-state index in [1.807, 2.05) is 18.7 Å². The van der Waals surface area contributed by atoms with Gasteiger partial charge in [-0.15, -0.1) is 0 Å². The van der Waals surface area contributed by atoms with Crippen LogP contribution in [0.3, 0.4) is 0 Å². The lowest BCUT2D eigenvalue weighted by Gasteiger charge is -2.16. The highest BCUT2D eigenvalue weighted by Crippen LogP contribution is 2.38. The first-order valence-electron chi connectivity index (χ1n) is 11.1. The SMILES string of the molecule is CCN(CC)CC(=O)CC(=O)Cc1ccc(Oc2ccnc3cc(OC)c(OC)cc23)c(Cl)c1. The van der Waals surface area contributed by atoms with Crippen LogP contribution in [0.1, 0.15) is 25.8 Å². The zero-order valence-electron chi connectivity index (χ0n) is 19.9. The van der Waals surface area contributed by atoms with Gasteiger partial charge in [0.15, 0.2) is 17.3 Å². The van der Waals surface area contributed by atoms with Crippen molar-refractivity contribution in [2.45, 2.75) is 26.7 Å². The summed E-state index contributed by atoms with van der Waals surface area (Å²) in [4.78, 5) is 30.9. The fourth-order valence-corrected chi connectivity index (χ4v) is 3.90. The zero-order chi connectivity index (χ0) is 24.7. The Kier molecular flexibility index (Phi) is 8.85. The van der Waals surface area contributed by atoms with Gasteiger partial charge in [-0.3, -0.25) is 19.5 Å². The molecule has 34 heavy (non-hydrogen) atoms. The Morgan fingerprint density at radius 1 is 0.912 bits per heavy atom. The van der Waals surface area contributed by atoms with E-state index in [0.717, 1.165) is 24.0 Å². The van der Waals surface area contributed by atoms with Crippen LogP contribution in [0, 0.1) is 0 Å². The highest BCUT2D eigenvalue weighted by Gasteiger charge is 2.15. The second kappa shape index (κ2) is 11.8. The summed E-state index contributed by atoms with van der Waals surface area (Å²) in [7, 11) is 3.13. The number of carbonyl (C=O) groups excluding carboxylic acids is 2. The molecule has 3 aromatic rings. The first-order chi connectivity index (χ1) is 16.4. The van der Waals surface area contributed by atoms with Crippen LogP contribution in [0.2, 0.25) is 5.02 Å². The predicted molar refractivity (Wildman–Crippen MR) is 132 cm³/mol. The van der Waals surface area contributed by atoms with Crippen LogP contribution in [0.15, 0.2) is 42.6 Å². The Morgan fingerprint density at radius 2 is 1.62 bits per heavy atom. The number of halogens is 1. The fourth-order valence-electron chi connectivity index (χ4n) is 3.65. The van der Waals surface area contributed by atoms with Gasteiger partial charge in [0.05, 0.1) is 37.7 Å². The van der Waals surface area contributed by atoms with Crippen molar-refractivity contribution in [3.8, 4) is 23.0 Å². The van der Waals surface area contributed by atoms with E-state index in [1.54, 1.807) is 56.8 Å². The van der Waals surface area contributed by atoms with Gasteiger partial charge in [-0.05, 0) is 42.9 Å². The molecule has 0 spiro atoms. The zero-order valence-corrected chi connectivity index (χ0v) is 20.6. The van der Waals surface area contributed by atoms with Crippen molar-refractivity contribution in [2.75, 3.05) is 33.9 Å². The number of pyridine rings is 1. The number of benzene rings is 2. The maximum atomic E-state index is 12.4. The van der Waals surface area contributed by atoms with E-state index in [0.29, 0.717) is 40.1 Å². The van der Waals surface area contributed by atoms with Crippen molar-refractivity contribution in [3.05, 3.63) is 53.2 Å². The van der Waals surface area contributed by atoms with Crippen molar-refractivity contribution >= 4 is 34.1 Å². The smallest absolute Gasteiger partial charge is 0.162 e. The molecule has 0 saturated heterocycles. The van der Waals surface area contributed by atoms with Gasteiger partial charge in [0, 0.05) is 24.1 Å². The molecular weight excluding hydrogens is 456 g/mol. The first-order valence-corrected chi connectivity index (χ1v) is 11.5. The van der Waals surface area contributed by atoms with Crippen LogP contribution in [0.25, 0.3) is 10.9 Å². The number of nitrogens with zero attached hydrogens (tertiary/aromatic N) is 2. The molecule has 0 fully saturated rings. The van der Waals surface area contributed by atoms with Gasteiger partial charge in [-0.1, -0.05) is 31.5 Å². The summed E-state index contributed by atoms with van der Waals surface area (Å²) in [6.07, 6.45) is 1.69. The topological polar surface area (TPSA) is 78.0 Å². The van der Waals surface area contributed by atoms with E-state index < -0.39 is 0 Å². The number of hydrogen-bond acceptors (Lipinski definition) is 7. The molecule has 1 aromatic heterocycles. The minimum Gasteiger partial charge on any atom is -0.493 e. The van der Waals surface area contributed by atoms with Gasteiger partial charge >= 0.3 is 0 Å². The molecule has 0 saturated carbocycles. The molecule has 0 N–H and O–H groups in total. The normalized spacial score (nSPS) is 11.0. The summed E-state index contributed by atoms with van der Waals surface area (Å²) < 4.78 is 16.8. The van der Waals surface area contributed by atoms with Crippen LogP contribution >= 0.6 is 11.6 Å². The molecule has 8 heteroatoms. The molecule has 7 nitrogen and oxygen atoms in total. The quantitative estimate of drug-likeness (QED) is 0.330. The fraction of sp³-hybridized carbons (Fsp3) is 0.346. The average molecular weight is 485 g/mol. The maximum absolute atomic E-state index is 12.4. The lowest BCUT2D eigenvalue weighted by Crippen LogP contribution is -2.30. The molecule has 1 heterocycles. The molecule has 0 aliphatic carbocycles. The van der Waals surface area contributed by atoms with Crippen molar-refractivity contribution in [3.63, 3.8) is 0 Å². The van der Waals surface area contributed by atoms with Crippen molar-refractivity contribution in [2.24, 2.45) is 0 Å². The number of aromatic nitrogens is 1. The van der Waals surface area contributed by atoms with Gasteiger partial charge in [-0.25, -0.2) is 0 Å². The molecule has 0 radical (unpaired) electrons. The Hall–Kier alpha value is -3.16. The minimum atomic E-state index is -0.136. The number of likely N-dealkylation sites (N-methyl/N-ethyl adjacent to an activating group) is 1. The molecule has 3 rings (SSSR count). The molecular formula is C26H29ClN2O5. The Morgan fingerprint density at radius 3 is 2.26 bits per heavy atom. The second-order valence-electron chi connectivity index (χ2n) is 7.79. The van der Waals surface area contributed by atoms with Crippen LogP contribution < -0.4 is 14.2 Å². The van der Waals surface area contributed by atoms with Crippen LogP contribution in [0.4, 0.5) is 0 Å². The van der Waals surface area contributed by atoms with E-state index in [9.17, 15) is 9.59 Å². The number of ether oxygens (including phenoxy) is 3. The van der Waals surface area contributed by atoms with E-state index in [1.165, 1.54) is 0 Å². The highest BCUT2D eigenvalue weighted by molar-refractivity contribution is 6.32. The van der Waals surface area contributed by atoms with E-state index >= 15 is 0 Å². The Balaban J connectivity index is 1.73. The summed E-state index contributed by atoms with van der Waals surface area (Å²) in [6, 6.07) is 10.5. The minimum absolute atomic E-state index is 0.0728. The standard InChI is InChI=1S/C26H29ClN2O5/c1-5-29(6-2)16-19(31)13-18(30)11-17-7-8-24(21(27)12-17)34-23-9-10-28-22-15-26(33-4)25(32-3)14-20(22)23/h7-10,12,14-15H,5-6,11,13,16H2,1-4H3. The van der Waals surface area contributed by atoms with E-state index in [4.69, 9.17) is 25.8 Å². The summed E-state index contributed by atoms with van der Waals surface area (Å²) in [5.41, 5.74) is 1.41. The maximum Gasteiger partial charge on any atom is 0.162 e. The van der Waals surface area contributed by atoms with Crippen LogP contribution in [-0.2, 0) is 16.0 Å². The molecule has 0 aliphatic rings. The third-order valence-corrected chi connectivity index (χ3v) is 5.81. The summed E-state index contributed by atoms with van der Waals surface area (Å²) in [6.45, 7) is 5.84. The van der Waals surface area contributed by atoms with Gasteiger partial charge in [0.25, 0.3) is 0 Å². The van der Waals surface area contributed by atoms with Gasteiger partial charge in [0.1, 0.15) is 17.3 Å². The number of rotatable bonds is 12. The predicted octanol–water partition coefficient (Wildman–Crippen LogP) is 5.11. The molecule has 2 aromatic carbocycles. The molecule has 0 aliphatic heterocycles. The third kappa shape index (κ3) is 6.24. The van der Waals surface area contributed by atoms with Crippen LogP contribution in [-0.4, -0.2) is 55.3 Å². The number of carbonyl (C=O) groups is 2. The lowest BCUT2D eigenvalue weighted by molar-refractivity contribution is -0.127. The molecule has 180 valence electrons. The number of methoxy groups -OCH3 is 2. The van der Waals surface area contributed by atoms with E-state index in [2.05, 4.69) is 4.98 Å². The Bertz CT molecular complexity index is 1180. The summed E-state index contributed by atoms with van der Waals surface area (Å²) in [5.74, 6) is 1.92. The largest absolute Gasteiger partial charge is 0.493 e. The van der Waals surface area contributed by atoms with Crippen molar-refractivity contribution < 1.29 is 23.8 Å². The number of ketones is 2. The van der Waals surface area contributed by atoms with E-state index in [-0.39, 0.29) is 24.4 Å². The van der Waals surface area contributed by atoms with Gasteiger partial charge < -0.3 is 14.2 Å². The molecule has 0 amide bonds. The number of Topliss-reactive ketones (excluding diaryl/α,β-unsaturated/α-hetero) is 2. The van der Waals surface area contributed by atoms with Crippen molar-refractivity contribution in [1.29, 1.82) is 0 Å². The highest BCUT2D eigenvalue weighted by atomic mass is 35.5. The monoisotopic (exact) mass is 484 g/mol. The summed E-state index contributed by atoms with van der Waals surface area (Å²) >= 11 is 6.46. The molecule has 0 unspecified atom stereocenters.